The summed E-state index contributed by atoms with van der Waals surface area (Å²) in [7, 11) is 0. The lowest BCUT2D eigenvalue weighted by Gasteiger charge is -2.25. The Morgan fingerprint density at radius 2 is 2.06 bits per heavy atom. The molecule has 0 unspecified atom stereocenters. The summed E-state index contributed by atoms with van der Waals surface area (Å²) < 4.78 is 12.1. The Bertz CT molecular complexity index is 353. The van der Waals surface area contributed by atoms with E-state index in [2.05, 4.69) is 32.9 Å². The van der Waals surface area contributed by atoms with Gasteiger partial charge in [-0.2, -0.15) is 0 Å². The summed E-state index contributed by atoms with van der Waals surface area (Å²) in [6.45, 7) is 6.29. The first-order valence-corrected chi connectivity index (χ1v) is 6.98. The predicted octanol–water partition coefficient (Wildman–Crippen LogP) is 2.95. The first-order valence-electron chi connectivity index (χ1n) is 6.98. The second-order valence-corrected chi connectivity index (χ2v) is 5.17. The Morgan fingerprint density at radius 1 is 1.33 bits per heavy atom. The van der Waals surface area contributed by atoms with Crippen molar-refractivity contribution < 1.29 is 14.6 Å². The van der Waals surface area contributed by atoms with Crippen LogP contribution in [0.2, 0.25) is 0 Å². The monoisotopic (exact) mass is 252 g/mol. The van der Waals surface area contributed by atoms with E-state index < -0.39 is 5.79 Å². The zero-order chi connectivity index (χ0) is 13.2. The largest absolute Gasteiger partial charge is 0.394 e. The van der Waals surface area contributed by atoms with Crippen molar-refractivity contribution in [3.05, 3.63) is 23.3 Å². The molecule has 1 saturated heterocycles. The van der Waals surface area contributed by atoms with Crippen molar-refractivity contribution >= 4 is 0 Å². The van der Waals surface area contributed by atoms with Crippen LogP contribution in [0.3, 0.4) is 0 Å². The van der Waals surface area contributed by atoms with Crippen LogP contribution in [0.15, 0.2) is 23.3 Å². The summed E-state index contributed by atoms with van der Waals surface area (Å²) in [5.74, 6) is -0.517. The normalized spacial score (nSPS) is 31.1. The molecule has 1 aliphatic heterocycles. The van der Waals surface area contributed by atoms with Crippen LogP contribution in [0, 0.1) is 0 Å². The third-order valence-electron chi connectivity index (χ3n) is 4.09. The maximum Gasteiger partial charge on any atom is 0.169 e. The van der Waals surface area contributed by atoms with E-state index in [0.29, 0.717) is 0 Å². The van der Waals surface area contributed by atoms with Crippen LogP contribution >= 0.6 is 0 Å². The lowest BCUT2D eigenvalue weighted by Crippen LogP contribution is -2.29. The van der Waals surface area contributed by atoms with Crippen molar-refractivity contribution in [2.24, 2.45) is 0 Å². The maximum atomic E-state index is 9.52. The lowest BCUT2D eigenvalue weighted by molar-refractivity contribution is -0.179. The average molecular weight is 252 g/mol. The third kappa shape index (κ3) is 2.40. The first kappa shape index (κ1) is 13.8. The van der Waals surface area contributed by atoms with Crippen LogP contribution in [-0.2, 0) is 9.47 Å². The van der Waals surface area contributed by atoms with E-state index in [1.165, 1.54) is 11.1 Å². The van der Waals surface area contributed by atoms with Gasteiger partial charge in [-0.1, -0.05) is 31.6 Å². The van der Waals surface area contributed by atoms with Crippen molar-refractivity contribution in [1.82, 2.24) is 0 Å². The van der Waals surface area contributed by atoms with Crippen LogP contribution < -0.4 is 0 Å². The van der Waals surface area contributed by atoms with E-state index >= 15 is 0 Å². The fraction of sp³-hybridized carbons (Fsp3) is 0.733. The SMILES string of the molecule is CCC1(CC)O[C@H](C2=C(C)CCC=C2)[C@@H](CO)O1. The number of ether oxygens (including phenoxy) is 2. The Labute approximate surface area is 109 Å². The van der Waals surface area contributed by atoms with Crippen LogP contribution in [0.4, 0.5) is 0 Å². The summed E-state index contributed by atoms with van der Waals surface area (Å²) in [5.41, 5.74) is 2.55. The molecule has 1 fully saturated rings. The highest BCUT2D eigenvalue weighted by molar-refractivity contribution is 5.33. The molecule has 2 atom stereocenters. The minimum atomic E-state index is -0.517. The Balaban J connectivity index is 2.24. The highest BCUT2D eigenvalue weighted by atomic mass is 16.8. The molecule has 1 heterocycles. The van der Waals surface area contributed by atoms with Gasteiger partial charge in [0.2, 0.25) is 0 Å². The van der Waals surface area contributed by atoms with Crippen molar-refractivity contribution in [3.63, 3.8) is 0 Å². The van der Waals surface area contributed by atoms with E-state index in [9.17, 15) is 5.11 Å². The minimum Gasteiger partial charge on any atom is -0.394 e. The molecule has 0 saturated carbocycles. The molecule has 3 nitrogen and oxygen atoms in total. The van der Waals surface area contributed by atoms with Gasteiger partial charge < -0.3 is 14.6 Å². The first-order chi connectivity index (χ1) is 8.65. The molecule has 1 N–H and O–H groups in total. The fourth-order valence-corrected chi connectivity index (χ4v) is 2.79. The number of aliphatic hydroxyl groups is 1. The summed E-state index contributed by atoms with van der Waals surface area (Å²) in [4.78, 5) is 0. The topological polar surface area (TPSA) is 38.7 Å². The Kier molecular flexibility index (Phi) is 4.25. The molecule has 0 aromatic rings. The minimum absolute atomic E-state index is 0.0109. The van der Waals surface area contributed by atoms with Gasteiger partial charge in [-0.05, 0) is 38.2 Å². The van der Waals surface area contributed by atoms with Gasteiger partial charge in [0.25, 0.3) is 0 Å². The third-order valence-corrected chi connectivity index (χ3v) is 4.09. The van der Waals surface area contributed by atoms with Crippen molar-refractivity contribution in [3.8, 4) is 0 Å². The molecule has 0 amide bonds. The molecule has 2 aliphatic rings. The van der Waals surface area contributed by atoms with Gasteiger partial charge in [-0.3, -0.25) is 0 Å². The van der Waals surface area contributed by atoms with Crippen molar-refractivity contribution in [2.45, 2.75) is 64.4 Å². The second-order valence-electron chi connectivity index (χ2n) is 5.17. The fourth-order valence-electron chi connectivity index (χ4n) is 2.79. The van der Waals surface area contributed by atoms with Gasteiger partial charge >= 0.3 is 0 Å². The van der Waals surface area contributed by atoms with E-state index in [1.54, 1.807) is 0 Å². The standard InChI is InChI=1S/C15H24O3/c1-4-15(5-2)17-13(10-16)14(18-15)12-9-7-6-8-11(12)3/h7,9,13-14,16H,4-6,8,10H2,1-3H3/t13-,14-/m1/s1. The molecule has 1 aliphatic carbocycles. The van der Waals surface area contributed by atoms with Crippen LogP contribution in [0.25, 0.3) is 0 Å². The van der Waals surface area contributed by atoms with E-state index in [-0.39, 0.29) is 18.8 Å². The maximum absolute atomic E-state index is 9.52. The Morgan fingerprint density at radius 3 is 2.61 bits per heavy atom. The molecule has 102 valence electrons. The average Bonchev–Trinajstić information content (AvgIpc) is 2.79. The summed E-state index contributed by atoms with van der Waals surface area (Å²) >= 11 is 0. The van der Waals surface area contributed by atoms with Gasteiger partial charge in [-0.15, -0.1) is 0 Å². The van der Waals surface area contributed by atoms with Gasteiger partial charge in [0.05, 0.1) is 6.61 Å². The van der Waals surface area contributed by atoms with Gasteiger partial charge in [0.15, 0.2) is 5.79 Å². The molecule has 3 heteroatoms. The molecular formula is C15H24O3. The predicted molar refractivity (Wildman–Crippen MR) is 71.2 cm³/mol. The highest BCUT2D eigenvalue weighted by Gasteiger charge is 2.46. The molecule has 0 bridgehead atoms. The zero-order valence-electron chi connectivity index (χ0n) is 11.6. The summed E-state index contributed by atoms with van der Waals surface area (Å²) in [5, 5.41) is 9.52. The van der Waals surface area contributed by atoms with Crippen molar-refractivity contribution in [2.75, 3.05) is 6.61 Å². The smallest absolute Gasteiger partial charge is 0.169 e. The van der Waals surface area contributed by atoms with Gasteiger partial charge in [-0.25, -0.2) is 0 Å². The number of hydrogen-bond acceptors (Lipinski definition) is 3. The lowest BCUT2D eigenvalue weighted by atomic mass is 9.93. The number of aliphatic hydroxyl groups excluding tert-OH is 1. The van der Waals surface area contributed by atoms with Gasteiger partial charge in [0, 0.05) is 0 Å². The number of allylic oxidation sites excluding steroid dienone is 2. The molecule has 0 aromatic heterocycles. The van der Waals surface area contributed by atoms with Crippen LogP contribution in [0.1, 0.15) is 46.5 Å². The zero-order valence-corrected chi connectivity index (χ0v) is 11.6. The van der Waals surface area contributed by atoms with Crippen molar-refractivity contribution in [1.29, 1.82) is 0 Å². The van der Waals surface area contributed by atoms with E-state index in [4.69, 9.17) is 9.47 Å². The van der Waals surface area contributed by atoms with E-state index in [0.717, 1.165) is 25.7 Å². The summed E-state index contributed by atoms with van der Waals surface area (Å²) in [6.07, 6.45) is 7.76. The summed E-state index contributed by atoms with van der Waals surface area (Å²) in [6, 6.07) is 0. The number of rotatable bonds is 4. The Hall–Kier alpha value is -0.640. The van der Waals surface area contributed by atoms with Gasteiger partial charge in [0.1, 0.15) is 12.2 Å². The van der Waals surface area contributed by atoms with Crippen LogP contribution in [0.5, 0.6) is 0 Å². The molecule has 0 spiro atoms. The molecule has 2 rings (SSSR count). The number of hydrogen-bond donors (Lipinski definition) is 1. The molecule has 18 heavy (non-hydrogen) atoms. The quantitative estimate of drug-likeness (QED) is 0.836. The molecule has 0 radical (unpaired) electrons. The van der Waals surface area contributed by atoms with Crippen LogP contribution in [-0.4, -0.2) is 29.7 Å². The highest BCUT2D eigenvalue weighted by Crippen LogP contribution is 2.39. The second kappa shape index (κ2) is 5.55. The van der Waals surface area contributed by atoms with E-state index in [1.807, 2.05) is 0 Å². The molecular weight excluding hydrogens is 228 g/mol. The molecule has 0 aromatic carbocycles.